The summed E-state index contributed by atoms with van der Waals surface area (Å²) in [6.45, 7) is 5.06. The van der Waals surface area contributed by atoms with E-state index in [1.807, 2.05) is 36.7 Å². The van der Waals surface area contributed by atoms with Crippen molar-refractivity contribution in [3.63, 3.8) is 0 Å². The molecule has 1 heterocycles. The van der Waals surface area contributed by atoms with Gasteiger partial charge in [-0.3, -0.25) is 4.79 Å². The number of aliphatic hydroxyl groups is 1. The molecule has 6 heteroatoms. The number of benzene rings is 1. The number of ether oxygens (including phenoxy) is 1. The largest absolute Gasteiger partial charge is 0.395 e. The summed E-state index contributed by atoms with van der Waals surface area (Å²) in [5.74, 6) is -0.115. The zero-order valence-corrected chi connectivity index (χ0v) is 13.8. The van der Waals surface area contributed by atoms with E-state index in [-0.39, 0.29) is 12.5 Å². The molecule has 0 saturated carbocycles. The molecule has 0 fully saturated rings. The van der Waals surface area contributed by atoms with Gasteiger partial charge in [-0.05, 0) is 44.2 Å². The normalized spacial score (nSPS) is 10.8. The summed E-state index contributed by atoms with van der Waals surface area (Å²) in [6, 6.07) is 9.32. The van der Waals surface area contributed by atoms with Crippen molar-refractivity contribution >= 4 is 5.91 Å². The smallest absolute Gasteiger partial charge is 0.254 e. The Morgan fingerprint density at radius 2 is 1.96 bits per heavy atom. The maximum Gasteiger partial charge on any atom is 0.254 e. The van der Waals surface area contributed by atoms with Crippen molar-refractivity contribution in [3.05, 3.63) is 47.3 Å². The van der Waals surface area contributed by atoms with Gasteiger partial charge in [0, 0.05) is 31.5 Å². The van der Waals surface area contributed by atoms with Crippen LogP contribution in [0.4, 0.5) is 0 Å². The minimum Gasteiger partial charge on any atom is -0.395 e. The third kappa shape index (κ3) is 4.18. The van der Waals surface area contributed by atoms with Gasteiger partial charge in [-0.2, -0.15) is 5.10 Å². The molecule has 0 aliphatic rings. The molecule has 2 rings (SSSR count). The average molecular weight is 317 g/mol. The lowest BCUT2D eigenvalue weighted by molar-refractivity contribution is 0.0656. The molecular weight excluding hydrogens is 294 g/mol. The first-order valence-electron chi connectivity index (χ1n) is 7.59. The molecule has 0 aliphatic carbocycles. The van der Waals surface area contributed by atoms with Crippen LogP contribution in [-0.2, 0) is 4.74 Å². The Balaban J connectivity index is 2.17. The van der Waals surface area contributed by atoms with Gasteiger partial charge in [0.05, 0.1) is 24.6 Å². The van der Waals surface area contributed by atoms with Crippen molar-refractivity contribution in [2.24, 2.45) is 0 Å². The van der Waals surface area contributed by atoms with Crippen LogP contribution in [0.2, 0.25) is 0 Å². The van der Waals surface area contributed by atoms with Crippen molar-refractivity contribution < 1.29 is 14.6 Å². The first-order chi connectivity index (χ1) is 11.1. The maximum absolute atomic E-state index is 12.5. The molecule has 0 saturated heterocycles. The van der Waals surface area contributed by atoms with Gasteiger partial charge < -0.3 is 14.7 Å². The molecule has 0 radical (unpaired) electrons. The maximum atomic E-state index is 12.5. The van der Waals surface area contributed by atoms with E-state index in [9.17, 15) is 4.79 Å². The lowest BCUT2D eigenvalue weighted by Gasteiger charge is -2.21. The van der Waals surface area contributed by atoms with Gasteiger partial charge in [0.1, 0.15) is 0 Å². The van der Waals surface area contributed by atoms with E-state index in [1.54, 1.807) is 24.1 Å². The van der Waals surface area contributed by atoms with Crippen molar-refractivity contribution in [2.75, 3.05) is 33.4 Å². The number of nitrogens with zero attached hydrogens (tertiary/aromatic N) is 3. The number of carbonyl (C=O) groups is 1. The molecule has 1 amide bonds. The highest BCUT2D eigenvalue weighted by molar-refractivity contribution is 5.94. The predicted octanol–water partition coefficient (Wildman–Crippen LogP) is 1.57. The monoisotopic (exact) mass is 317 g/mol. The highest BCUT2D eigenvalue weighted by atomic mass is 16.5. The van der Waals surface area contributed by atoms with Gasteiger partial charge in [0.2, 0.25) is 0 Å². The topological polar surface area (TPSA) is 67.6 Å². The van der Waals surface area contributed by atoms with E-state index in [2.05, 4.69) is 5.10 Å². The minimum atomic E-state index is -0.115. The molecule has 23 heavy (non-hydrogen) atoms. The van der Waals surface area contributed by atoms with E-state index in [0.717, 1.165) is 17.1 Å². The van der Waals surface area contributed by atoms with Crippen LogP contribution < -0.4 is 0 Å². The molecule has 0 atom stereocenters. The molecule has 1 aromatic heterocycles. The van der Waals surface area contributed by atoms with Crippen LogP contribution in [0.5, 0.6) is 0 Å². The molecule has 2 aromatic rings. The average Bonchev–Trinajstić information content (AvgIpc) is 2.89. The summed E-state index contributed by atoms with van der Waals surface area (Å²) < 4.78 is 6.86. The van der Waals surface area contributed by atoms with E-state index in [1.165, 1.54) is 0 Å². The van der Waals surface area contributed by atoms with Crippen LogP contribution in [0, 0.1) is 13.8 Å². The van der Waals surface area contributed by atoms with Crippen molar-refractivity contribution in [1.29, 1.82) is 0 Å². The molecule has 0 bridgehead atoms. The number of amides is 1. The van der Waals surface area contributed by atoms with E-state index >= 15 is 0 Å². The van der Waals surface area contributed by atoms with Gasteiger partial charge in [-0.15, -0.1) is 0 Å². The van der Waals surface area contributed by atoms with E-state index in [0.29, 0.717) is 25.3 Å². The summed E-state index contributed by atoms with van der Waals surface area (Å²) in [5.41, 5.74) is 3.50. The highest BCUT2D eigenvalue weighted by Gasteiger charge is 2.15. The Hall–Kier alpha value is -2.18. The molecule has 0 unspecified atom stereocenters. The predicted molar refractivity (Wildman–Crippen MR) is 87.9 cm³/mol. The number of rotatable bonds is 7. The van der Waals surface area contributed by atoms with Gasteiger partial charge in [-0.25, -0.2) is 4.68 Å². The van der Waals surface area contributed by atoms with Gasteiger partial charge in [0.25, 0.3) is 5.91 Å². The summed E-state index contributed by atoms with van der Waals surface area (Å²) in [6.07, 6.45) is 0. The number of aryl methyl sites for hydroxylation is 2. The minimum absolute atomic E-state index is 0.0701. The lowest BCUT2D eigenvalue weighted by Crippen LogP contribution is -2.36. The highest BCUT2D eigenvalue weighted by Crippen LogP contribution is 2.14. The first kappa shape index (κ1) is 17.2. The summed E-state index contributed by atoms with van der Waals surface area (Å²) in [7, 11) is 1.59. The Morgan fingerprint density at radius 3 is 2.48 bits per heavy atom. The van der Waals surface area contributed by atoms with Gasteiger partial charge >= 0.3 is 0 Å². The van der Waals surface area contributed by atoms with Crippen molar-refractivity contribution in [1.82, 2.24) is 14.7 Å². The Labute approximate surface area is 136 Å². The second-order valence-corrected chi connectivity index (χ2v) is 5.39. The summed E-state index contributed by atoms with van der Waals surface area (Å²) >= 11 is 0. The van der Waals surface area contributed by atoms with E-state index in [4.69, 9.17) is 9.84 Å². The number of aliphatic hydroxyl groups excluding tert-OH is 1. The Kier molecular flexibility index (Phi) is 5.90. The molecule has 124 valence electrons. The fraction of sp³-hybridized carbons (Fsp3) is 0.412. The summed E-state index contributed by atoms with van der Waals surface area (Å²) in [5, 5.41) is 13.5. The molecule has 0 spiro atoms. The quantitative estimate of drug-likeness (QED) is 0.842. The van der Waals surface area contributed by atoms with Crippen molar-refractivity contribution in [2.45, 2.75) is 13.8 Å². The van der Waals surface area contributed by atoms with Crippen LogP contribution in [0.25, 0.3) is 5.69 Å². The molecule has 6 nitrogen and oxygen atoms in total. The van der Waals surface area contributed by atoms with Crippen LogP contribution >= 0.6 is 0 Å². The number of hydrogen-bond acceptors (Lipinski definition) is 4. The van der Waals surface area contributed by atoms with Crippen LogP contribution in [0.1, 0.15) is 21.7 Å². The van der Waals surface area contributed by atoms with Crippen LogP contribution in [0.3, 0.4) is 0 Å². The summed E-state index contributed by atoms with van der Waals surface area (Å²) in [4.78, 5) is 14.1. The third-order valence-corrected chi connectivity index (χ3v) is 3.59. The van der Waals surface area contributed by atoms with Gasteiger partial charge in [0.15, 0.2) is 0 Å². The number of hydrogen-bond donors (Lipinski definition) is 1. The first-order valence-corrected chi connectivity index (χ1v) is 7.59. The zero-order chi connectivity index (χ0) is 16.8. The number of aromatic nitrogens is 2. The molecule has 1 aromatic carbocycles. The molecule has 1 N–H and O–H groups in total. The van der Waals surface area contributed by atoms with Crippen molar-refractivity contribution in [3.8, 4) is 5.69 Å². The standard InChI is InChI=1S/C17H23N3O3/c1-13-12-14(2)20(18-13)16-6-4-15(5-7-16)17(22)19(8-10-21)9-11-23-3/h4-7,12,21H,8-11H2,1-3H3. The van der Waals surface area contributed by atoms with E-state index < -0.39 is 0 Å². The third-order valence-electron chi connectivity index (χ3n) is 3.59. The number of methoxy groups -OCH3 is 1. The second-order valence-electron chi connectivity index (χ2n) is 5.39. The lowest BCUT2D eigenvalue weighted by atomic mass is 10.1. The van der Waals surface area contributed by atoms with Crippen LogP contribution in [-0.4, -0.2) is 59.1 Å². The SMILES string of the molecule is COCCN(CCO)C(=O)c1ccc(-n2nc(C)cc2C)cc1. The fourth-order valence-corrected chi connectivity index (χ4v) is 2.46. The van der Waals surface area contributed by atoms with Gasteiger partial charge in [-0.1, -0.05) is 0 Å². The van der Waals surface area contributed by atoms with Crippen LogP contribution in [0.15, 0.2) is 30.3 Å². The second kappa shape index (κ2) is 7.89. The number of carbonyl (C=O) groups excluding carboxylic acids is 1. The molecule has 0 aliphatic heterocycles. The molecular formula is C17H23N3O3. The Bertz CT molecular complexity index is 650. The zero-order valence-electron chi connectivity index (χ0n) is 13.8. The Morgan fingerprint density at radius 1 is 1.26 bits per heavy atom. The fourth-order valence-electron chi connectivity index (χ4n) is 2.46.